The van der Waals surface area contributed by atoms with Crippen LogP contribution in [0.25, 0.3) is 0 Å². The highest BCUT2D eigenvalue weighted by Gasteiger charge is 2.04. The minimum atomic E-state index is 0.390. The first kappa shape index (κ1) is 10.9. The molecule has 0 fully saturated rings. The highest BCUT2D eigenvalue weighted by atomic mass is 14.1. The predicted octanol–water partition coefficient (Wildman–Crippen LogP) is 4.24. The van der Waals surface area contributed by atoms with Crippen molar-refractivity contribution >= 4 is 0 Å². The van der Waals surface area contributed by atoms with Crippen LogP contribution >= 0.6 is 0 Å². The van der Waals surface area contributed by atoms with Crippen LogP contribution in [-0.2, 0) is 6.42 Å². The summed E-state index contributed by atoms with van der Waals surface area (Å²) in [6.45, 7) is 4.22. The van der Waals surface area contributed by atoms with Gasteiger partial charge >= 0.3 is 0 Å². The SMILES string of the molecule is [CH2]C(CCc1ccccc1)c1ccccc1. The van der Waals surface area contributed by atoms with Gasteiger partial charge in [-0.2, -0.15) is 0 Å². The van der Waals surface area contributed by atoms with Crippen molar-refractivity contribution in [2.24, 2.45) is 0 Å². The lowest BCUT2D eigenvalue weighted by Gasteiger charge is -2.11. The molecule has 16 heavy (non-hydrogen) atoms. The van der Waals surface area contributed by atoms with Crippen LogP contribution in [0.3, 0.4) is 0 Å². The maximum Gasteiger partial charge on any atom is -0.0159 e. The molecule has 2 aromatic rings. The first-order valence-electron chi connectivity index (χ1n) is 5.78. The molecule has 1 unspecified atom stereocenters. The van der Waals surface area contributed by atoms with Crippen LogP contribution in [0.15, 0.2) is 60.7 Å². The normalized spacial score (nSPS) is 12.3. The Bertz CT molecular complexity index is 403. The van der Waals surface area contributed by atoms with E-state index in [1.54, 1.807) is 0 Å². The Morgan fingerprint density at radius 3 is 2.00 bits per heavy atom. The van der Waals surface area contributed by atoms with E-state index in [-0.39, 0.29) is 0 Å². The number of hydrogen-bond acceptors (Lipinski definition) is 0. The lowest BCUT2D eigenvalue weighted by Crippen LogP contribution is -1.96. The van der Waals surface area contributed by atoms with Gasteiger partial charge in [0.2, 0.25) is 0 Å². The maximum atomic E-state index is 4.22. The molecule has 1 radical (unpaired) electrons. The van der Waals surface area contributed by atoms with Gasteiger partial charge in [-0.15, -0.1) is 0 Å². The standard InChI is InChI=1S/C16H17/c1-14(16-10-6-3-7-11-16)12-13-15-8-4-2-5-9-15/h2-11,14H,1,12-13H2. The van der Waals surface area contributed by atoms with Gasteiger partial charge in [-0.3, -0.25) is 0 Å². The first-order chi connectivity index (χ1) is 7.86. The minimum Gasteiger partial charge on any atom is -0.0622 e. The van der Waals surface area contributed by atoms with Gasteiger partial charge in [-0.25, -0.2) is 0 Å². The van der Waals surface area contributed by atoms with Crippen molar-refractivity contribution in [3.05, 3.63) is 78.7 Å². The summed E-state index contributed by atoms with van der Waals surface area (Å²) in [5.41, 5.74) is 2.73. The molecule has 0 amide bonds. The molecular formula is C16H17. The molecule has 1 atom stereocenters. The van der Waals surface area contributed by atoms with Crippen LogP contribution in [0.5, 0.6) is 0 Å². The second kappa shape index (κ2) is 5.50. The lowest BCUT2D eigenvalue weighted by molar-refractivity contribution is 0.733. The van der Waals surface area contributed by atoms with E-state index in [4.69, 9.17) is 0 Å². The van der Waals surface area contributed by atoms with Crippen LogP contribution in [-0.4, -0.2) is 0 Å². The summed E-state index contributed by atoms with van der Waals surface area (Å²) in [6, 6.07) is 21.1. The van der Waals surface area contributed by atoms with Gasteiger partial charge in [0, 0.05) is 0 Å². The van der Waals surface area contributed by atoms with E-state index in [2.05, 4.69) is 61.5 Å². The van der Waals surface area contributed by atoms with E-state index in [1.807, 2.05) is 6.07 Å². The molecule has 0 heteroatoms. The number of aryl methyl sites for hydroxylation is 1. The quantitative estimate of drug-likeness (QED) is 0.706. The molecule has 0 N–H and O–H groups in total. The van der Waals surface area contributed by atoms with E-state index in [0.717, 1.165) is 12.8 Å². The third kappa shape index (κ3) is 2.96. The highest BCUT2D eigenvalue weighted by Crippen LogP contribution is 2.20. The van der Waals surface area contributed by atoms with E-state index in [9.17, 15) is 0 Å². The molecule has 0 saturated carbocycles. The maximum absolute atomic E-state index is 4.22. The summed E-state index contributed by atoms with van der Waals surface area (Å²) in [6.07, 6.45) is 2.21. The van der Waals surface area contributed by atoms with Crippen LogP contribution in [0, 0.1) is 6.92 Å². The Morgan fingerprint density at radius 2 is 1.38 bits per heavy atom. The number of hydrogen-bond donors (Lipinski definition) is 0. The zero-order valence-corrected chi connectivity index (χ0v) is 9.47. The Labute approximate surface area is 97.9 Å². The van der Waals surface area contributed by atoms with Crippen LogP contribution in [0.2, 0.25) is 0 Å². The third-order valence-corrected chi connectivity index (χ3v) is 2.90. The molecule has 0 heterocycles. The molecule has 2 rings (SSSR count). The number of rotatable bonds is 4. The lowest BCUT2D eigenvalue weighted by atomic mass is 9.94. The van der Waals surface area contributed by atoms with Gasteiger partial charge in [0.05, 0.1) is 0 Å². The molecule has 81 valence electrons. The van der Waals surface area contributed by atoms with Crippen molar-refractivity contribution in [1.82, 2.24) is 0 Å². The van der Waals surface area contributed by atoms with Crippen molar-refractivity contribution in [2.45, 2.75) is 18.8 Å². The zero-order valence-electron chi connectivity index (χ0n) is 9.47. The molecule has 0 aliphatic heterocycles. The third-order valence-electron chi connectivity index (χ3n) is 2.90. The molecule has 0 nitrogen and oxygen atoms in total. The fourth-order valence-corrected chi connectivity index (χ4v) is 1.88. The molecule has 0 aliphatic rings. The Balaban J connectivity index is 1.92. The van der Waals surface area contributed by atoms with E-state index < -0.39 is 0 Å². The van der Waals surface area contributed by atoms with Crippen molar-refractivity contribution in [3.8, 4) is 0 Å². The number of benzene rings is 2. The second-order valence-corrected chi connectivity index (χ2v) is 4.13. The molecule has 2 aromatic carbocycles. The van der Waals surface area contributed by atoms with Gasteiger partial charge < -0.3 is 0 Å². The molecule has 0 saturated heterocycles. The van der Waals surface area contributed by atoms with E-state index in [1.165, 1.54) is 11.1 Å². The molecular weight excluding hydrogens is 192 g/mol. The summed E-state index contributed by atoms with van der Waals surface area (Å²) < 4.78 is 0. The summed E-state index contributed by atoms with van der Waals surface area (Å²) in [4.78, 5) is 0. The van der Waals surface area contributed by atoms with Crippen molar-refractivity contribution in [3.63, 3.8) is 0 Å². The van der Waals surface area contributed by atoms with Gasteiger partial charge in [0.25, 0.3) is 0 Å². The van der Waals surface area contributed by atoms with Gasteiger partial charge in [0.1, 0.15) is 0 Å². The minimum absolute atomic E-state index is 0.390. The molecule has 0 bridgehead atoms. The van der Waals surface area contributed by atoms with Crippen molar-refractivity contribution in [1.29, 1.82) is 0 Å². The van der Waals surface area contributed by atoms with E-state index in [0.29, 0.717) is 5.92 Å². The Hall–Kier alpha value is -1.56. The van der Waals surface area contributed by atoms with Gasteiger partial charge in [-0.1, -0.05) is 60.7 Å². The highest BCUT2D eigenvalue weighted by molar-refractivity contribution is 5.21. The van der Waals surface area contributed by atoms with Gasteiger partial charge in [-0.05, 0) is 36.8 Å². The molecule has 0 aromatic heterocycles. The van der Waals surface area contributed by atoms with Crippen molar-refractivity contribution in [2.75, 3.05) is 0 Å². The summed E-state index contributed by atoms with van der Waals surface area (Å²) in [5.74, 6) is 0.390. The van der Waals surface area contributed by atoms with Gasteiger partial charge in [0.15, 0.2) is 0 Å². The summed E-state index contributed by atoms with van der Waals surface area (Å²) in [5, 5.41) is 0. The van der Waals surface area contributed by atoms with Crippen molar-refractivity contribution < 1.29 is 0 Å². The fourth-order valence-electron chi connectivity index (χ4n) is 1.88. The summed E-state index contributed by atoms with van der Waals surface area (Å²) in [7, 11) is 0. The van der Waals surface area contributed by atoms with E-state index >= 15 is 0 Å². The zero-order chi connectivity index (χ0) is 11.2. The van der Waals surface area contributed by atoms with Crippen LogP contribution in [0.1, 0.15) is 23.5 Å². The predicted molar refractivity (Wildman–Crippen MR) is 69.3 cm³/mol. The van der Waals surface area contributed by atoms with Crippen LogP contribution < -0.4 is 0 Å². The fraction of sp³-hybridized carbons (Fsp3) is 0.188. The Morgan fingerprint density at radius 1 is 0.812 bits per heavy atom. The Kier molecular flexibility index (Phi) is 3.76. The second-order valence-electron chi connectivity index (χ2n) is 4.13. The smallest absolute Gasteiger partial charge is 0.0159 e. The summed E-state index contributed by atoms with van der Waals surface area (Å²) >= 11 is 0. The molecule has 0 spiro atoms. The topological polar surface area (TPSA) is 0 Å². The first-order valence-corrected chi connectivity index (χ1v) is 5.78. The van der Waals surface area contributed by atoms with Crippen LogP contribution in [0.4, 0.5) is 0 Å². The molecule has 0 aliphatic carbocycles. The average Bonchev–Trinajstić information content (AvgIpc) is 2.38. The monoisotopic (exact) mass is 209 g/mol. The largest absolute Gasteiger partial charge is 0.0622 e. The average molecular weight is 209 g/mol.